The van der Waals surface area contributed by atoms with E-state index in [1.165, 1.54) is 4.90 Å². The van der Waals surface area contributed by atoms with Crippen molar-refractivity contribution in [3.8, 4) is 22.4 Å². The zero-order valence-electron chi connectivity index (χ0n) is 22.6. The van der Waals surface area contributed by atoms with Gasteiger partial charge in [0, 0.05) is 46.9 Å². The van der Waals surface area contributed by atoms with Crippen molar-refractivity contribution in [2.75, 3.05) is 16.8 Å². The highest BCUT2D eigenvalue weighted by molar-refractivity contribution is 7.14. The van der Waals surface area contributed by atoms with Crippen LogP contribution < -0.4 is 9.80 Å². The van der Waals surface area contributed by atoms with E-state index < -0.39 is 17.0 Å². The summed E-state index contributed by atoms with van der Waals surface area (Å²) in [5, 5.41) is 9.65. The summed E-state index contributed by atoms with van der Waals surface area (Å²) >= 11 is 7.15. The Morgan fingerprint density at radius 1 is 1.20 bits per heavy atom. The molecule has 0 spiro atoms. The SMILES string of the molecule is CN1C(=O)Cc2cc(-c3ccc(Cl)cc3-c3nc(N(C(=O)C(CC(=O)O)CC4CCCC4)C4CC4)sc3F)cnc21. The number of likely N-dealkylation sites (N-methyl/N-ethyl adjacent to an activating group) is 1. The van der Waals surface area contributed by atoms with E-state index in [4.69, 9.17) is 11.6 Å². The molecule has 2 saturated carbocycles. The summed E-state index contributed by atoms with van der Waals surface area (Å²) in [4.78, 5) is 49.9. The van der Waals surface area contributed by atoms with Crippen LogP contribution >= 0.6 is 22.9 Å². The van der Waals surface area contributed by atoms with Crippen LogP contribution in [0.1, 0.15) is 56.9 Å². The summed E-state index contributed by atoms with van der Waals surface area (Å²) in [6.07, 6.45) is 7.89. The maximum Gasteiger partial charge on any atom is 0.304 e. The second kappa shape index (κ2) is 11.1. The summed E-state index contributed by atoms with van der Waals surface area (Å²) in [6, 6.07) is 6.88. The average molecular weight is 597 g/mol. The number of anilines is 2. The number of nitrogens with zero attached hydrogens (tertiary/aromatic N) is 4. The number of pyridine rings is 1. The quantitative estimate of drug-likeness (QED) is 0.309. The minimum atomic E-state index is -1.01. The van der Waals surface area contributed by atoms with Crippen molar-refractivity contribution >= 4 is 51.7 Å². The molecule has 8 nitrogen and oxygen atoms in total. The van der Waals surface area contributed by atoms with Gasteiger partial charge in [-0.25, -0.2) is 9.97 Å². The molecule has 1 unspecified atom stereocenters. The fourth-order valence-corrected chi connectivity index (χ4v) is 7.16. The molecule has 2 aliphatic carbocycles. The Balaban J connectivity index is 1.36. The molecule has 3 aliphatic rings. The number of carboxylic acids is 1. The highest BCUT2D eigenvalue weighted by atomic mass is 35.5. The smallest absolute Gasteiger partial charge is 0.304 e. The topological polar surface area (TPSA) is 104 Å². The van der Waals surface area contributed by atoms with Crippen molar-refractivity contribution in [3.05, 3.63) is 46.2 Å². The van der Waals surface area contributed by atoms with E-state index in [0.29, 0.717) is 39.9 Å². The summed E-state index contributed by atoms with van der Waals surface area (Å²) in [5.41, 5.74) is 2.65. The lowest BCUT2D eigenvalue weighted by Gasteiger charge is -2.26. The second-order valence-electron chi connectivity index (χ2n) is 11.3. The maximum absolute atomic E-state index is 15.7. The van der Waals surface area contributed by atoms with Crippen molar-refractivity contribution in [1.29, 1.82) is 0 Å². The number of fused-ring (bicyclic) bond motifs is 1. The molecule has 0 radical (unpaired) electrons. The number of hydrogen-bond acceptors (Lipinski definition) is 6. The van der Waals surface area contributed by atoms with Crippen LogP contribution in [-0.4, -0.2) is 45.9 Å². The fraction of sp³-hybridized carbons (Fsp3) is 0.433. The number of carboxylic acid groups (broad SMARTS) is 1. The summed E-state index contributed by atoms with van der Waals surface area (Å²) in [7, 11) is 1.68. The molecule has 1 atom stereocenters. The Bertz CT molecular complexity index is 1530. The Morgan fingerprint density at radius 2 is 1.95 bits per heavy atom. The van der Waals surface area contributed by atoms with E-state index in [-0.39, 0.29) is 41.5 Å². The van der Waals surface area contributed by atoms with Crippen LogP contribution in [0.2, 0.25) is 5.02 Å². The second-order valence-corrected chi connectivity index (χ2v) is 12.6. The number of rotatable bonds is 9. The normalized spacial score (nSPS) is 17.6. The molecule has 41 heavy (non-hydrogen) atoms. The molecular formula is C30H30ClFN4O4S. The van der Waals surface area contributed by atoms with Gasteiger partial charge in [-0.15, -0.1) is 0 Å². The van der Waals surface area contributed by atoms with Crippen LogP contribution in [0.4, 0.5) is 15.3 Å². The van der Waals surface area contributed by atoms with E-state index in [1.54, 1.807) is 36.3 Å². The largest absolute Gasteiger partial charge is 0.481 e. The number of amides is 2. The van der Waals surface area contributed by atoms with Crippen LogP contribution in [0.3, 0.4) is 0 Å². The van der Waals surface area contributed by atoms with Crippen LogP contribution in [-0.2, 0) is 20.8 Å². The van der Waals surface area contributed by atoms with Crippen LogP contribution in [0, 0.1) is 17.0 Å². The first kappa shape index (κ1) is 27.8. The Kier molecular flexibility index (Phi) is 7.54. The number of thiazole rings is 1. The number of carbonyl (C=O) groups excluding carboxylic acids is 2. The molecule has 214 valence electrons. The highest BCUT2D eigenvalue weighted by Gasteiger charge is 2.41. The van der Waals surface area contributed by atoms with Crippen molar-refractivity contribution in [2.45, 2.75) is 63.8 Å². The Hall–Kier alpha value is -3.37. The number of halogens is 2. The van der Waals surface area contributed by atoms with Gasteiger partial charge in [-0.3, -0.25) is 24.2 Å². The first-order chi connectivity index (χ1) is 19.7. The summed E-state index contributed by atoms with van der Waals surface area (Å²) in [6.45, 7) is 0. The van der Waals surface area contributed by atoms with Gasteiger partial charge in [0.1, 0.15) is 11.5 Å². The van der Waals surface area contributed by atoms with Crippen LogP contribution in [0.5, 0.6) is 0 Å². The average Bonchev–Trinajstić information content (AvgIpc) is 3.35. The third kappa shape index (κ3) is 5.59. The molecule has 1 aliphatic heterocycles. The minimum absolute atomic E-state index is 0.0462. The zero-order valence-corrected chi connectivity index (χ0v) is 24.2. The molecule has 3 aromatic rings. The molecule has 1 N–H and O–H groups in total. The van der Waals surface area contributed by atoms with E-state index in [9.17, 15) is 19.5 Å². The standard InChI is InChI=1S/C30H30ClFN4O4S/c1-35-24(37)12-17-11-19(15-33-28(17)35)22-9-6-20(31)14-23(22)26-27(32)41-30(34-26)36(21-7-8-21)29(40)18(13-25(38)39)10-16-4-2-3-5-16/h6,9,11,14-16,18,21H,2-5,7-8,10,12-13H2,1H3,(H,38,39). The van der Waals surface area contributed by atoms with Crippen molar-refractivity contribution in [2.24, 2.45) is 11.8 Å². The first-order valence-corrected chi connectivity index (χ1v) is 15.2. The highest BCUT2D eigenvalue weighted by Crippen LogP contribution is 2.43. The van der Waals surface area contributed by atoms with Crippen molar-refractivity contribution < 1.29 is 23.9 Å². The van der Waals surface area contributed by atoms with Crippen molar-refractivity contribution in [3.63, 3.8) is 0 Å². The molecule has 6 rings (SSSR count). The molecule has 2 aromatic heterocycles. The first-order valence-electron chi connectivity index (χ1n) is 14.0. The zero-order chi connectivity index (χ0) is 28.8. The van der Waals surface area contributed by atoms with E-state index >= 15 is 4.39 Å². The van der Waals surface area contributed by atoms with Gasteiger partial charge in [0.05, 0.1) is 12.8 Å². The summed E-state index contributed by atoms with van der Waals surface area (Å²) < 4.78 is 15.7. The number of hydrogen-bond donors (Lipinski definition) is 1. The Morgan fingerprint density at radius 3 is 2.66 bits per heavy atom. The van der Waals surface area contributed by atoms with Gasteiger partial charge in [-0.05, 0) is 48.9 Å². The van der Waals surface area contributed by atoms with E-state index in [1.807, 2.05) is 6.07 Å². The van der Waals surface area contributed by atoms with Crippen LogP contribution in [0.15, 0.2) is 30.5 Å². The molecule has 3 heterocycles. The number of aromatic nitrogens is 2. The van der Waals surface area contributed by atoms with E-state index in [2.05, 4.69) is 9.97 Å². The van der Waals surface area contributed by atoms with Gasteiger partial charge in [-0.1, -0.05) is 54.7 Å². The molecule has 2 fully saturated rings. The molecular weight excluding hydrogens is 567 g/mol. The molecule has 0 bridgehead atoms. The van der Waals surface area contributed by atoms with Gasteiger partial charge in [0.25, 0.3) is 0 Å². The van der Waals surface area contributed by atoms with Crippen LogP contribution in [0.25, 0.3) is 22.4 Å². The third-order valence-electron chi connectivity index (χ3n) is 8.32. The Labute approximate surface area is 246 Å². The predicted molar refractivity (Wildman–Crippen MR) is 156 cm³/mol. The van der Waals surface area contributed by atoms with E-state index in [0.717, 1.165) is 55.4 Å². The lowest BCUT2D eigenvalue weighted by Crippen LogP contribution is -2.39. The lowest BCUT2D eigenvalue weighted by molar-refractivity contribution is -0.141. The fourth-order valence-electron chi connectivity index (χ4n) is 6.10. The molecule has 1 aromatic carbocycles. The van der Waals surface area contributed by atoms with Crippen molar-refractivity contribution in [1.82, 2.24) is 9.97 Å². The monoisotopic (exact) mass is 596 g/mol. The van der Waals surface area contributed by atoms with Gasteiger partial charge in [-0.2, -0.15) is 4.39 Å². The molecule has 0 saturated heterocycles. The third-order valence-corrected chi connectivity index (χ3v) is 9.40. The van der Waals surface area contributed by atoms with Gasteiger partial charge < -0.3 is 5.11 Å². The molecule has 11 heteroatoms. The van der Waals surface area contributed by atoms with Gasteiger partial charge >= 0.3 is 5.97 Å². The number of aliphatic carboxylic acids is 1. The lowest BCUT2D eigenvalue weighted by atomic mass is 9.90. The van der Waals surface area contributed by atoms with Gasteiger partial charge in [0.15, 0.2) is 5.13 Å². The number of carbonyl (C=O) groups is 3. The maximum atomic E-state index is 15.7. The summed E-state index contributed by atoms with van der Waals surface area (Å²) in [5.74, 6) is -1.09. The number of benzene rings is 1. The molecule has 2 amide bonds. The van der Waals surface area contributed by atoms with Gasteiger partial charge in [0.2, 0.25) is 16.9 Å². The predicted octanol–water partition coefficient (Wildman–Crippen LogP) is 6.35. The minimum Gasteiger partial charge on any atom is -0.481 e.